The maximum absolute atomic E-state index is 13.0. The molecule has 0 unspecified atom stereocenters. The predicted molar refractivity (Wildman–Crippen MR) is 121 cm³/mol. The summed E-state index contributed by atoms with van der Waals surface area (Å²) in [4.78, 5) is 28.7. The highest BCUT2D eigenvalue weighted by molar-refractivity contribution is 5.75. The van der Waals surface area contributed by atoms with Crippen LogP contribution in [0.25, 0.3) is 11.6 Å². The molecule has 1 aliphatic heterocycles. The van der Waals surface area contributed by atoms with Crippen LogP contribution in [0, 0.1) is 0 Å². The first kappa shape index (κ1) is 24.6. The van der Waals surface area contributed by atoms with Crippen molar-refractivity contribution in [3.8, 4) is 11.6 Å². The summed E-state index contributed by atoms with van der Waals surface area (Å²) in [6.45, 7) is 4.19. The van der Waals surface area contributed by atoms with E-state index in [-0.39, 0.29) is 18.2 Å². The van der Waals surface area contributed by atoms with Gasteiger partial charge in [-0.05, 0) is 37.2 Å². The van der Waals surface area contributed by atoms with Gasteiger partial charge in [0.2, 0.25) is 23.4 Å². The molecule has 0 radical (unpaired) electrons. The van der Waals surface area contributed by atoms with Crippen LogP contribution in [-0.4, -0.2) is 70.2 Å². The first-order valence-corrected chi connectivity index (χ1v) is 11.4. The fraction of sp³-hybridized carbons (Fsp3) is 0.435. The van der Waals surface area contributed by atoms with Gasteiger partial charge in [0, 0.05) is 63.6 Å². The fourth-order valence-electron chi connectivity index (χ4n) is 3.81. The van der Waals surface area contributed by atoms with Gasteiger partial charge in [-0.25, -0.2) is 9.97 Å². The zero-order valence-electron chi connectivity index (χ0n) is 19.0. The van der Waals surface area contributed by atoms with Crippen molar-refractivity contribution < 1.29 is 22.5 Å². The Morgan fingerprint density at radius 2 is 1.83 bits per heavy atom. The maximum Gasteiger partial charge on any atom is 0.416 e. The Labute approximate surface area is 200 Å². The van der Waals surface area contributed by atoms with Crippen molar-refractivity contribution in [2.45, 2.75) is 25.4 Å². The molecule has 1 saturated heterocycles. The molecule has 1 aliphatic rings. The molecule has 0 spiro atoms. The highest BCUT2D eigenvalue weighted by Crippen LogP contribution is 2.31. The van der Waals surface area contributed by atoms with Crippen molar-refractivity contribution in [3.63, 3.8) is 0 Å². The summed E-state index contributed by atoms with van der Waals surface area (Å²) in [5.74, 6) is 0.896. The summed E-state index contributed by atoms with van der Waals surface area (Å²) in [6, 6.07) is 7.14. The summed E-state index contributed by atoms with van der Waals surface area (Å²) >= 11 is 0. The number of aryl methyl sites for hydroxylation is 1. The molecule has 1 N–H and O–H groups in total. The standard InChI is InChI=1S/C23H26F3N7O2/c24-23(25,26)17-4-1-5-18(16-17)33-14-12-32(13-15-33)11-3-10-27-19(34)6-7-20-30-22(31-35-20)21-28-8-2-9-29-21/h1-2,4-5,8-9,16H,3,6-7,10-15H2,(H,27,34). The molecule has 1 fully saturated rings. The van der Waals surface area contributed by atoms with Crippen LogP contribution in [0.1, 0.15) is 24.3 Å². The Morgan fingerprint density at radius 3 is 2.57 bits per heavy atom. The number of nitrogens with zero attached hydrogens (tertiary/aromatic N) is 6. The van der Waals surface area contributed by atoms with Crippen molar-refractivity contribution in [2.24, 2.45) is 0 Å². The number of carbonyl (C=O) groups excluding carboxylic acids is 1. The number of carbonyl (C=O) groups is 1. The van der Waals surface area contributed by atoms with Gasteiger partial charge in [0.05, 0.1) is 5.56 Å². The van der Waals surface area contributed by atoms with E-state index in [1.807, 2.05) is 4.90 Å². The summed E-state index contributed by atoms with van der Waals surface area (Å²) in [6.07, 6.45) is 0.166. The lowest BCUT2D eigenvalue weighted by Crippen LogP contribution is -2.47. The van der Waals surface area contributed by atoms with Crippen molar-refractivity contribution in [1.29, 1.82) is 0 Å². The molecule has 1 aromatic carbocycles. The number of anilines is 1. The topological polar surface area (TPSA) is 100 Å². The number of nitrogens with one attached hydrogen (secondary N) is 1. The molecule has 0 atom stereocenters. The molecule has 0 aliphatic carbocycles. The molecule has 1 amide bonds. The highest BCUT2D eigenvalue weighted by atomic mass is 19.4. The number of hydrogen-bond acceptors (Lipinski definition) is 8. The zero-order valence-corrected chi connectivity index (χ0v) is 19.0. The average molecular weight is 490 g/mol. The largest absolute Gasteiger partial charge is 0.416 e. The van der Waals surface area contributed by atoms with Crippen LogP contribution in [0.2, 0.25) is 0 Å². The van der Waals surface area contributed by atoms with Crippen LogP contribution in [0.5, 0.6) is 0 Å². The molecule has 186 valence electrons. The lowest BCUT2D eigenvalue weighted by atomic mass is 10.1. The number of halogens is 3. The minimum atomic E-state index is -4.34. The van der Waals surface area contributed by atoms with Crippen LogP contribution < -0.4 is 10.2 Å². The van der Waals surface area contributed by atoms with Crippen molar-refractivity contribution in [2.75, 3.05) is 44.2 Å². The van der Waals surface area contributed by atoms with E-state index < -0.39 is 11.7 Å². The van der Waals surface area contributed by atoms with E-state index in [9.17, 15) is 18.0 Å². The molecule has 3 aromatic rings. The van der Waals surface area contributed by atoms with E-state index in [1.165, 1.54) is 12.1 Å². The van der Waals surface area contributed by atoms with Gasteiger partial charge in [-0.2, -0.15) is 18.2 Å². The van der Waals surface area contributed by atoms with E-state index in [2.05, 4.69) is 30.3 Å². The minimum Gasteiger partial charge on any atom is -0.369 e. The first-order chi connectivity index (χ1) is 16.9. The van der Waals surface area contributed by atoms with Crippen LogP contribution in [0.15, 0.2) is 47.2 Å². The van der Waals surface area contributed by atoms with Crippen LogP contribution in [0.3, 0.4) is 0 Å². The minimum absolute atomic E-state index is 0.102. The number of piperazine rings is 1. The second-order valence-corrected chi connectivity index (χ2v) is 8.16. The second kappa shape index (κ2) is 11.3. The third kappa shape index (κ3) is 6.98. The molecular weight excluding hydrogens is 463 g/mol. The van der Waals surface area contributed by atoms with Gasteiger partial charge in [0.1, 0.15) is 0 Å². The maximum atomic E-state index is 13.0. The molecule has 4 rings (SSSR count). The second-order valence-electron chi connectivity index (χ2n) is 8.16. The molecule has 0 saturated carbocycles. The van der Waals surface area contributed by atoms with Crippen LogP contribution >= 0.6 is 0 Å². The van der Waals surface area contributed by atoms with Crippen molar-refractivity contribution in [1.82, 2.24) is 30.3 Å². The lowest BCUT2D eigenvalue weighted by Gasteiger charge is -2.36. The Bertz CT molecular complexity index is 1100. The molecule has 2 aromatic heterocycles. The van der Waals surface area contributed by atoms with Crippen molar-refractivity contribution in [3.05, 3.63) is 54.2 Å². The van der Waals surface area contributed by atoms with Crippen LogP contribution in [0.4, 0.5) is 18.9 Å². The van der Waals surface area contributed by atoms with E-state index in [0.717, 1.165) is 32.1 Å². The third-order valence-corrected chi connectivity index (χ3v) is 5.68. The third-order valence-electron chi connectivity index (χ3n) is 5.68. The Hall–Kier alpha value is -3.54. The van der Waals surface area contributed by atoms with Gasteiger partial charge >= 0.3 is 6.18 Å². The number of benzene rings is 1. The van der Waals surface area contributed by atoms with Gasteiger partial charge in [-0.3, -0.25) is 9.69 Å². The van der Waals surface area contributed by atoms with Crippen LogP contribution in [-0.2, 0) is 17.4 Å². The number of alkyl halides is 3. The van der Waals surface area contributed by atoms with E-state index in [1.54, 1.807) is 24.5 Å². The summed E-state index contributed by atoms with van der Waals surface area (Å²) in [5, 5.41) is 6.72. The number of hydrogen-bond donors (Lipinski definition) is 1. The van der Waals surface area contributed by atoms with E-state index in [0.29, 0.717) is 43.5 Å². The zero-order chi connectivity index (χ0) is 24.7. The first-order valence-electron chi connectivity index (χ1n) is 11.4. The highest BCUT2D eigenvalue weighted by Gasteiger charge is 2.31. The van der Waals surface area contributed by atoms with E-state index in [4.69, 9.17) is 4.52 Å². The smallest absolute Gasteiger partial charge is 0.369 e. The summed E-state index contributed by atoms with van der Waals surface area (Å²) < 4.78 is 44.0. The SMILES string of the molecule is O=C(CCc1nc(-c2ncccn2)no1)NCCCN1CCN(c2cccc(C(F)(F)F)c2)CC1. The number of aromatic nitrogens is 4. The van der Waals surface area contributed by atoms with Gasteiger partial charge in [0.25, 0.3) is 0 Å². The molecule has 9 nitrogen and oxygen atoms in total. The number of rotatable bonds is 9. The molecule has 3 heterocycles. The summed E-state index contributed by atoms with van der Waals surface area (Å²) in [5.41, 5.74) is -0.0330. The molecule has 35 heavy (non-hydrogen) atoms. The Morgan fingerprint density at radius 1 is 1.06 bits per heavy atom. The van der Waals surface area contributed by atoms with Gasteiger partial charge in [-0.1, -0.05) is 11.2 Å². The van der Waals surface area contributed by atoms with Crippen molar-refractivity contribution >= 4 is 11.6 Å². The lowest BCUT2D eigenvalue weighted by molar-refractivity contribution is -0.137. The monoisotopic (exact) mass is 489 g/mol. The predicted octanol–water partition coefficient (Wildman–Crippen LogP) is 2.81. The van der Waals surface area contributed by atoms with Gasteiger partial charge in [-0.15, -0.1) is 0 Å². The number of amides is 1. The molecule has 0 bridgehead atoms. The quantitative estimate of drug-likeness (QED) is 0.458. The normalized spacial score (nSPS) is 14.8. The Balaban J connectivity index is 1.11. The summed E-state index contributed by atoms with van der Waals surface area (Å²) in [7, 11) is 0. The van der Waals surface area contributed by atoms with E-state index >= 15 is 0 Å². The average Bonchev–Trinajstić information content (AvgIpc) is 3.35. The fourth-order valence-corrected chi connectivity index (χ4v) is 3.81. The molecule has 12 heteroatoms. The van der Waals surface area contributed by atoms with Gasteiger partial charge in [0.15, 0.2) is 0 Å². The molecular formula is C23H26F3N7O2. The Kier molecular flexibility index (Phi) is 7.91. The van der Waals surface area contributed by atoms with Gasteiger partial charge < -0.3 is 14.7 Å².